The maximum atomic E-state index is 9.56. The molecule has 0 bridgehead atoms. The van der Waals surface area contributed by atoms with Gasteiger partial charge >= 0.3 is 0 Å². The second kappa shape index (κ2) is 3.49. The summed E-state index contributed by atoms with van der Waals surface area (Å²) in [7, 11) is 0. The Morgan fingerprint density at radius 1 is 1.43 bits per heavy atom. The molecule has 0 unspecified atom stereocenters. The molecule has 2 aromatic rings. The Kier molecular flexibility index (Phi) is 2.18. The summed E-state index contributed by atoms with van der Waals surface area (Å²) in [5.74, 6) is 0.577. The summed E-state index contributed by atoms with van der Waals surface area (Å²) in [6.07, 6.45) is 3.12. The number of aromatic nitrogens is 2. The first-order valence-corrected chi connectivity index (χ1v) is 4.37. The number of benzene rings is 1. The molecule has 0 amide bonds. The molecule has 4 nitrogen and oxygen atoms in total. The number of ether oxygens (including phenoxy) is 1. The van der Waals surface area contributed by atoms with E-state index < -0.39 is 0 Å². The van der Waals surface area contributed by atoms with Crippen molar-refractivity contribution in [3.63, 3.8) is 0 Å². The van der Waals surface area contributed by atoms with E-state index in [0.29, 0.717) is 12.4 Å². The van der Waals surface area contributed by atoms with Crippen LogP contribution in [0.2, 0.25) is 0 Å². The molecule has 0 aliphatic heterocycles. The third kappa shape index (κ3) is 1.46. The fourth-order valence-corrected chi connectivity index (χ4v) is 1.27. The Bertz CT molecular complexity index is 457. The first-order chi connectivity index (χ1) is 6.81. The lowest BCUT2D eigenvalue weighted by Crippen LogP contribution is -1.92. The Morgan fingerprint density at radius 2 is 2.29 bits per heavy atom. The van der Waals surface area contributed by atoms with Crippen LogP contribution in [0.5, 0.6) is 11.5 Å². The summed E-state index contributed by atoms with van der Waals surface area (Å²) in [6, 6.07) is 3.30. The number of phenolic OH excluding ortho intramolecular Hbond substituents is 1. The molecule has 1 N–H and O–H groups in total. The number of hydrogen-bond donors (Lipinski definition) is 1. The molecule has 1 aromatic carbocycles. The topological polar surface area (TPSA) is 55.2 Å². The Labute approximate surface area is 81.2 Å². The van der Waals surface area contributed by atoms with Gasteiger partial charge in [-0.2, -0.15) is 0 Å². The van der Waals surface area contributed by atoms with Gasteiger partial charge in [0.25, 0.3) is 0 Å². The molecule has 0 fully saturated rings. The monoisotopic (exact) mass is 190 g/mol. The molecule has 0 saturated heterocycles. The lowest BCUT2D eigenvalue weighted by molar-refractivity contribution is 0.319. The van der Waals surface area contributed by atoms with E-state index in [9.17, 15) is 5.11 Å². The molecule has 4 heteroatoms. The highest BCUT2D eigenvalue weighted by molar-refractivity contribution is 5.81. The summed E-state index contributed by atoms with van der Waals surface area (Å²) in [6.45, 7) is 2.38. The van der Waals surface area contributed by atoms with E-state index in [2.05, 4.69) is 9.97 Å². The van der Waals surface area contributed by atoms with Crippen LogP contribution in [-0.4, -0.2) is 21.7 Å². The van der Waals surface area contributed by atoms with Crippen LogP contribution < -0.4 is 4.74 Å². The molecule has 14 heavy (non-hydrogen) atoms. The van der Waals surface area contributed by atoms with Gasteiger partial charge in [0.1, 0.15) is 6.33 Å². The average molecular weight is 190 g/mol. The molecule has 0 aliphatic rings. The van der Waals surface area contributed by atoms with E-state index in [1.807, 2.05) is 6.92 Å². The highest BCUT2D eigenvalue weighted by Crippen LogP contribution is 2.29. The van der Waals surface area contributed by atoms with Crippen molar-refractivity contribution < 1.29 is 9.84 Å². The van der Waals surface area contributed by atoms with Crippen molar-refractivity contribution in [2.45, 2.75) is 6.92 Å². The van der Waals surface area contributed by atoms with E-state index in [4.69, 9.17) is 4.74 Å². The third-order valence-corrected chi connectivity index (χ3v) is 1.89. The van der Waals surface area contributed by atoms with E-state index in [1.165, 1.54) is 6.33 Å². The molecule has 0 saturated carbocycles. The van der Waals surface area contributed by atoms with Crippen LogP contribution in [0.1, 0.15) is 6.92 Å². The predicted molar refractivity (Wildman–Crippen MR) is 52.4 cm³/mol. The van der Waals surface area contributed by atoms with Crippen molar-refractivity contribution in [3.05, 3.63) is 24.7 Å². The second-order valence-electron chi connectivity index (χ2n) is 2.83. The van der Waals surface area contributed by atoms with Crippen LogP contribution in [0.15, 0.2) is 24.7 Å². The van der Waals surface area contributed by atoms with Crippen LogP contribution in [0.4, 0.5) is 0 Å². The van der Waals surface area contributed by atoms with Gasteiger partial charge in [0.15, 0.2) is 11.5 Å². The fraction of sp³-hybridized carbons (Fsp3) is 0.200. The zero-order valence-electron chi connectivity index (χ0n) is 7.77. The van der Waals surface area contributed by atoms with Crippen LogP contribution in [0, 0.1) is 0 Å². The molecule has 0 spiro atoms. The van der Waals surface area contributed by atoms with Gasteiger partial charge in [-0.1, -0.05) is 0 Å². The zero-order valence-corrected chi connectivity index (χ0v) is 7.77. The number of phenols is 1. The molecular weight excluding hydrogens is 180 g/mol. The fourth-order valence-electron chi connectivity index (χ4n) is 1.27. The molecule has 1 heterocycles. The Hall–Kier alpha value is -1.84. The second-order valence-corrected chi connectivity index (χ2v) is 2.83. The van der Waals surface area contributed by atoms with Gasteiger partial charge in [-0.3, -0.25) is 0 Å². The van der Waals surface area contributed by atoms with Gasteiger partial charge in [0, 0.05) is 17.6 Å². The van der Waals surface area contributed by atoms with Crippen LogP contribution >= 0.6 is 0 Å². The van der Waals surface area contributed by atoms with Crippen molar-refractivity contribution >= 4 is 10.9 Å². The summed E-state index contributed by atoms with van der Waals surface area (Å²) < 4.78 is 5.23. The molecule has 0 aliphatic carbocycles. The van der Waals surface area contributed by atoms with Gasteiger partial charge in [-0.15, -0.1) is 0 Å². The molecule has 0 atom stereocenters. The first kappa shape index (κ1) is 8.74. The summed E-state index contributed by atoms with van der Waals surface area (Å²) in [4.78, 5) is 7.93. The highest BCUT2D eigenvalue weighted by Gasteiger charge is 2.04. The van der Waals surface area contributed by atoms with E-state index in [0.717, 1.165) is 10.9 Å². The largest absolute Gasteiger partial charge is 0.504 e. The maximum Gasteiger partial charge on any atom is 0.163 e. The van der Waals surface area contributed by atoms with Crippen molar-refractivity contribution in [1.29, 1.82) is 0 Å². The highest BCUT2D eigenvalue weighted by atomic mass is 16.5. The zero-order chi connectivity index (χ0) is 9.97. The standard InChI is InChI=1S/C10H10N2O2/c1-2-14-10-4-8-7(3-9(10)13)5-11-6-12-8/h3-6,13H,2H2,1H3. The quantitative estimate of drug-likeness (QED) is 0.783. The number of fused-ring (bicyclic) bond motifs is 1. The number of aromatic hydroxyl groups is 1. The van der Waals surface area contributed by atoms with Crippen LogP contribution in [0.3, 0.4) is 0 Å². The van der Waals surface area contributed by atoms with Crippen LogP contribution in [0.25, 0.3) is 10.9 Å². The average Bonchev–Trinajstić information content (AvgIpc) is 2.19. The van der Waals surface area contributed by atoms with Gasteiger partial charge in [-0.05, 0) is 13.0 Å². The molecule has 72 valence electrons. The van der Waals surface area contributed by atoms with Crippen molar-refractivity contribution in [1.82, 2.24) is 9.97 Å². The number of hydrogen-bond acceptors (Lipinski definition) is 4. The minimum Gasteiger partial charge on any atom is -0.504 e. The Morgan fingerprint density at radius 3 is 3.07 bits per heavy atom. The van der Waals surface area contributed by atoms with Gasteiger partial charge in [-0.25, -0.2) is 9.97 Å². The minimum atomic E-state index is 0.120. The van der Waals surface area contributed by atoms with Gasteiger partial charge in [0.2, 0.25) is 0 Å². The number of nitrogens with zero attached hydrogens (tertiary/aromatic N) is 2. The van der Waals surface area contributed by atoms with Crippen LogP contribution in [-0.2, 0) is 0 Å². The first-order valence-electron chi connectivity index (χ1n) is 4.37. The van der Waals surface area contributed by atoms with E-state index in [-0.39, 0.29) is 5.75 Å². The normalized spacial score (nSPS) is 10.4. The molecular formula is C10H10N2O2. The van der Waals surface area contributed by atoms with Crippen molar-refractivity contribution in [2.24, 2.45) is 0 Å². The van der Waals surface area contributed by atoms with Gasteiger partial charge < -0.3 is 9.84 Å². The van der Waals surface area contributed by atoms with Gasteiger partial charge in [0.05, 0.1) is 12.1 Å². The van der Waals surface area contributed by atoms with Crippen molar-refractivity contribution in [2.75, 3.05) is 6.61 Å². The minimum absolute atomic E-state index is 0.120. The number of rotatable bonds is 2. The Balaban J connectivity index is 2.59. The maximum absolute atomic E-state index is 9.56. The summed E-state index contributed by atoms with van der Waals surface area (Å²) in [5, 5.41) is 10.4. The molecule has 0 radical (unpaired) electrons. The summed E-state index contributed by atoms with van der Waals surface area (Å²) in [5.41, 5.74) is 0.765. The SMILES string of the molecule is CCOc1cc2ncncc2cc1O. The lowest BCUT2D eigenvalue weighted by atomic mass is 10.2. The smallest absolute Gasteiger partial charge is 0.163 e. The van der Waals surface area contributed by atoms with Crippen molar-refractivity contribution in [3.8, 4) is 11.5 Å². The van der Waals surface area contributed by atoms with E-state index >= 15 is 0 Å². The molecule has 2 rings (SSSR count). The molecule has 1 aromatic heterocycles. The van der Waals surface area contributed by atoms with E-state index in [1.54, 1.807) is 18.3 Å². The third-order valence-electron chi connectivity index (χ3n) is 1.89. The summed E-state index contributed by atoms with van der Waals surface area (Å²) >= 11 is 0. The predicted octanol–water partition coefficient (Wildman–Crippen LogP) is 1.73. The lowest BCUT2D eigenvalue weighted by Gasteiger charge is -2.06.